The van der Waals surface area contributed by atoms with Gasteiger partial charge in [0.05, 0.1) is 10.7 Å². The number of rotatable bonds is 4. The monoisotopic (exact) mass is 369 g/mol. The highest BCUT2D eigenvalue weighted by atomic mass is 35.5. The molecule has 3 aromatic carbocycles. The maximum atomic E-state index is 12.4. The van der Waals surface area contributed by atoms with E-state index in [0.717, 1.165) is 0 Å². The van der Waals surface area contributed by atoms with E-state index in [0.29, 0.717) is 32.4 Å². The lowest BCUT2D eigenvalue weighted by molar-refractivity contribution is 0.102. The largest absolute Gasteiger partial charge is 0.321 e. The third kappa shape index (κ3) is 4.08. The van der Waals surface area contributed by atoms with Crippen molar-refractivity contribution in [3.8, 4) is 0 Å². The molecule has 1 N–H and O–H groups in total. The number of anilines is 1. The average molecular weight is 370 g/mol. The van der Waals surface area contributed by atoms with Crippen molar-refractivity contribution in [3.63, 3.8) is 0 Å². The maximum Gasteiger partial charge on any atom is 0.255 e. The SMILES string of the molecule is O=C(Nc1cc(Cl)ccc1Cl)c1ccc(C(=O)c2ccccc2)cc1. The molecule has 25 heavy (non-hydrogen) atoms. The third-order valence-corrected chi connectivity index (χ3v) is 4.19. The van der Waals surface area contributed by atoms with Gasteiger partial charge in [-0.25, -0.2) is 0 Å². The van der Waals surface area contributed by atoms with E-state index >= 15 is 0 Å². The van der Waals surface area contributed by atoms with Gasteiger partial charge in [-0.3, -0.25) is 9.59 Å². The zero-order valence-electron chi connectivity index (χ0n) is 13.0. The molecule has 5 heteroatoms. The lowest BCUT2D eigenvalue weighted by Gasteiger charge is -2.08. The van der Waals surface area contributed by atoms with Gasteiger partial charge in [-0.2, -0.15) is 0 Å². The minimum absolute atomic E-state index is 0.0922. The normalized spacial score (nSPS) is 10.3. The molecule has 0 aromatic heterocycles. The topological polar surface area (TPSA) is 46.2 Å². The highest BCUT2D eigenvalue weighted by molar-refractivity contribution is 6.35. The smallest absolute Gasteiger partial charge is 0.255 e. The average Bonchev–Trinajstić information content (AvgIpc) is 2.65. The highest BCUT2D eigenvalue weighted by Crippen LogP contribution is 2.26. The summed E-state index contributed by atoms with van der Waals surface area (Å²) in [6.45, 7) is 0. The molecule has 0 saturated heterocycles. The first kappa shape index (κ1) is 17.2. The van der Waals surface area contributed by atoms with Crippen LogP contribution in [0.1, 0.15) is 26.3 Å². The quantitative estimate of drug-likeness (QED) is 0.619. The van der Waals surface area contributed by atoms with E-state index in [2.05, 4.69) is 5.32 Å². The molecular formula is C20H13Cl2NO2. The summed E-state index contributed by atoms with van der Waals surface area (Å²) in [4.78, 5) is 24.7. The zero-order valence-corrected chi connectivity index (χ0v) is 14.5. The lowest BCUT2D eigenvalue weighted by Crippen LogP contribution is -2.12. The first-order valence-corrected chi connectivity index (χ1v) is 8.26. The lowest BCUT2D eigenvalue weighted by atomic mass is 10.0. The van der Waals surface area contributed by atoms with Crippen LogP contribution in [0, 0.1) is 0 Å². The number of hydrogen-bond acceptors (Lipinski definition) is 2. The summed E-state index contributed by atoms with van der Waals surface area (Å²) in [7, 11) is 0. The molecule has 1 amide bonds. The van der Waals surface area contributed by atoms with E-state index in [9.17, 15) is 9.59 Å². The van der Waals surface area contributed by atoms with Gasteiger partial charge in [0.2, 0.25) is 0 Å². The summed E-state index contributed by atoms with van der Waals surface area (Å²) in [6.07, 6.45) is 0. The maximum absolute atomic E-state index is 12.4. The van der Waals surface area contributed by atoms with Crippen molar-refractivity contribution >= 4 is 40.6 Å². The van der Waals surface area contributed by atoms with Crippen molar-refractivity contribution in [2.75, 3.05) is 5.32 Å². The van der Waals surface area contributed by atoms with Crippen LogP contribution in [0.2, 0.25) is 10.0 Å². The van der Waals surface area contributed by atoms with Crippen molar-refractivity contribution in [1.29, 1.82) is 0 Å². The standard InChI is InChI=1S/C20H13Cl2NO2/c21-16-10-11-17(22)18(12-16)23-20(25)15-8-6-14(7-9-15)19(24)13-4-2-1-3-5-13/h1-12H,(H,23,25). The van der Waals surface area contributed by atoms with Crippen LogP contribution in [0.5, 0.6) is 0 Å². The van der Waals surface area contributed by atoms with Gasteiger partial charge in [-0.05, 0) is 30.3 Å². The molecular weight excluding hydrogens is 357 g/mol. The van der Waals surface area contributed by atoms with Crippen LogP contribution < -0.4 is 5.32 Å². The van der Waals surface area contributed by atoms with Crippen molar-refractivity contribution in [1.82, 2.24) is 0 Å². The van der Waals surface area contributed by atoms with Gasteiger partial charge < -0.3 is 5.32 Å². The summed E-state index contributed by atoms with van der Waals surface area (Å²) in [5.74, 6) is -0.423. The van der Waals surface area contributed by atoms with E-state index in [4.69, 9.17) is 23.2 Å². The predicted octanol–water partition coefficient (Wildman–Crippen LogP) is 5.48. The Bertz CT molecular complexity index is 922. The van der Waals surface area contributed by atoms with E-state index in [1.165, 1.54) is 0 Å². The Hall–Kier alpha value is -2.62. The molecule has 0 saturated carbocycles. The van der Waals surface area contributed by atoms with Gasteiger partial charge in [0.1, 0.15) is 0 Å². The molecule has 3 rings (SSSR count). The molecule has 0 spiro atoms. The Balaban J connectivity index is 1.77. The van der Waals surface area contributed by atoms with Crippen molar-refractivity contribution in [3.05, 3.63) is 99.5 Å². The summed E-state index contributed by atoms with van der Waals surface area (Å²) in [5.41, 5.74) is 1.97. The minimum Gasteiger partial charge on any atom is -0.321 e. The fraction of sp³-hybridized carbons (Fsp3) is 0. The molecule has 0 aliphatic heterocycles. The summed E-state index contributed by atoms with van der Waals surface area (Å²) in [5, 5.41) is 3.58. The molecule has 3 aromatic rings. The van der Waals surface area contributed by atoms with Gasteiger partial charge in [0.15, 0.2) is 5.78 Å². The van der Waals surface area contributed by atoms with E-state index in [-0.39, 0.29) is 11.7 Å². The summed E-state index contributed by atoms with van der Waals surface area (Å²) in [6, 6.07) is 20.3. The van der Waals surface area contributed by atoms with Crippen LogP contribution in [0.25, 0.3) is 0 Å². The van der Waals surface area contributed by atoms with E-state index < -0.39 is 0 Å². The Labute approximate surface area is 155 Å². The van der Waals surface area contributed by atoms with Crippen molar-refractivity contribution in [2.45, 2.75) is 0 Å². The molecule has 0 atom stereocenters. The molecule has 124 valence electrons. The van der Waals surface area contributed by atoms with Crippen molar-refractivity contribution < 1.29 is 9.59 Å². The molecule has 0 unspecified atom stereocenters. The van der Waals surface area contributed by atoms with Crippen LogP contribution in [0.15, 0.2) is 72.8 Å². The van der Waals surface area contributed by atoms with Gasteiger partial charge in [-0.1, -0.05) is 65.7 Å². The number of carbonyl (C=O) groups is 2. The van der Waals surface area contributed by atoms with Crippen LogP contribution in [-0.2, 0) is 0 Å². The van der Waals surface area contributed by atoms with Gasteiger partial charge >= 0.3 is 0 Å². The number of carbonyl (C=O) groups excluding carboxylic acids is 2. The van der Waals surface area contributed by atoms with Crippen molar-refractivity contribution in [2.24, 2.45) is 0 Å². The molecule has 0 radical (unpaired) electrons. The van der Waals surface area contributed by atoms with Crippen LogP contribution in [0.4, 0.5) is 5.69 Å². The Morgan fingerprint density at radius 1 is 0.720 bits per heavy atom. The summed E-state index contributed by atoms with van der Waals surface area (Å²) >= 11 is 12.0. The number of hydrogen-bond donors (Lipinski definition) is 1. The number of ketones is 1. The first-order valence-electron chi connectivity index (χ1n) is 7.51. The second-order valence-electron chi connectivity index (χ2n) is 5.35. The molecule has 0 aliphatic carbocycles. The number of benzene rings is 3. The summed E-state index contributed by atoms with van der Waals surface area (Å²) < 4.78 is 0. The number of halogens is 2. The molecule has 0 heterocycles. The van der Waals surface area contributed by atoms with Gasteiger partial charge in [0, 0.05) is 21.7 Å². The second-order valence-corrected chi connectivity index (χ2v) is 6.19. The fourth-order valence-electron chi connectivity index (χ4n) is 2.32. The van der Waals surface area contributed by atoms with E-state index in [1.54, 1.807) is 54.6 Å². The second kappa shape index (κ2) is 7.51. The fourth-order valence-corrected chi connectivity index (χ4v) is 2.65. The minimum atomic E-state index is -0.331. The van der Waals surface area contributed by atoms with Crippen LogP contribution in [-0.4, -0.2) is 11.7 Å². The number of amides is 1. The molecule has 0 bridgehead atoms. The molecule has 3 nitrogen and oxygen atoms in total. The highest BCUT2D eigenvalue weighted by Gasteiger charge is 2.12. The third-order valence-electron chi connectivity index (χ3n) is 3.62. The van der Waals surface area contributed by atoms with Crippen LogP contribution >= 0.6 is 23.2 Å². The number of nitrogens with one attached hydrogen (secondary N) is 1. The Morgan fingerprint density at radius 2 is 1.32 bits per heavy atom. The Kier molecular flexibility index (Phi) is 5.17. The molecule has 0 fully saturated rings. The first-order chi connectivity index (χ1) is 12.0. The zero-order chi connectivity index (χ0) is 17.8. The predicted molar refractivity (Wildman–Crippen MR) is 101 cm³/mol. The van der Waals surface area contributed by atoms with Crippen LogP contribution in [0.3, 0.4) is 0 Å². The van der Waals surface area contributed by atoms with E-state index in [1.807, 2.05) is 18.2 Å². The van der Waals surface area contributed by atoms with Gasteiger partial charge in [-0.15, -0.1) is 0 Å². The molecule has 0 aliphatic rings. The Morgan fingerprint density at radius 3 is 2.00 bits per heavy atom. The van der Waals surface area contributed by atoms with Gasteiger partial charge in [0.25, 0.3) is 5.91 Å².